The molecule has 0 saturated carbocycles. The number of amides is 2. The Balaban J connectivity index is 1.44. The van der Waals surface area contributed by atoms with E-state index >= 15 is 0 Å². The number of benzene rings is 1. The van der Waals surface area contributed by atoms with Gasteiger partial charge in [-0.2, -0.15) is 4.98 Å². The predicted octanol–water partition coefficient (Wildman–Crippen LogP) is 4.12. The van der Waals surface area contributed by atoms with Crippen LogP contribution in [0.2, 0.25) is 0 Å². The molecule has 0 bridgehead atoms. The minimum atomic E-state index is -1.26. The summed E-state index contributed by atoms with van der Waals surface area (Å²) in [6.07, 6.45) is 8.09. The summed E-state index contributed by atoms with van der Waals surface area (Å²) in [6.45, 7) is 9.83. The van der Waals surface area contributed by atoms with Gasteiger partial charge in [0, 0.05) is 44.8 Å². The van der Waals surface area contributed by atoms with E-state index in [2.05, 4.69) is 56.9 Å². The molecule has 9 nitrogen and oxygen atoms in total. The summed E-state index contributed by atoms with van der Waals surface area (Å²) in [4.78, 5) is 38.3. The monoisotopic (exact) mass is 534 g/mol. The lowest BCUT2D eigenvalue weighted by Gasteiger charge is -2.39. The van der Waals surface area contributed by atoms with Crippen LogP contribution in [0.3, 0.4) is 0 Å². The highest BCUT2D eigenvalue weighted by molar-refractivity contribution is 5.89. The molecule has 0 aliphatic carbocycles. The van der Waals surface area contributed by atoms with Gasteiger partial charge in [0.2, 0.25) is 11.9 Å². The third-order valence-corrected chi connectivity index (χ3v) is 7.29. The molecule has 2 amide bonds. The first-order valence-electron chi connectivity index (χ1n) is 13.2. The number of carbonyl (C=O) groups excluding carboxylic acids is 2. The highest BCUT2D eigenvalue weighted by Crippen LogP contribution is 2.29. The van der Waals surface area contributed by atoms with E-state index < -0.39 is 18.3 Å². The summed E-state index contributed by atoms with van der Waals surface area (Å²) < 4.78 is 19.1. The van der Waals surface area contributed by atoms with Crippen molar-refractivity contribution in [1.82, 2.24) is 19.8 Å². The zero-order valence-corrected chi connectivity index (χ0v) is 22.4. The molecule has 1 aromatic carbocycles. The summed E-state index contributed by atoms with van der Waals surface area (Å²) in [5.74, 6) is 3.34. The number of anilines is 2. The maximum Gasteiger partial charge on any atom is 0.416 e. The second-order valence-electron chi connectivity index (χ2n) is 9.79. The Morgan fingerprint density at radius 1 is 1.23 bits per heavy atom. The van der Waals surface area contributed by atoms with Gasteiger partial charge in [-0.3, -0.25) is 14.6 Å². The van der Waals surface area contributed by atoms with E-state index in [0.717, 1.165) is 25.1 Å². The highest BCUT2D eigenvalue weighted by atomic mass is 19.1. The van der Waals surface area contributed by atoms with Gasteiger partial charge < -0.3 is 15.0 Å². The smallest absolute Gasteiger partial charge is 0.416 e. The topological polar surface area (TPSA) is 90.9 Å². The van der Waals surface area contributed by atoms with Crippen LogP contribution < -0.4 is 10.2 Å². The molecule has 1 N–H and O–H groups in total. The van der Waals surface area contributed by atoms with Crippen molar-refractivity contribution < 1.29 is 18.7 Å². The number of alkyl halides is 1. The number of piperazine rings is 1. The summed E-state index contributed by atoms with van der Waals surface area (Å²) >= 11 is 0. The fourth-order valence-electron chi connectivity index (χ4n) is 5.04. The number of ether oxygens (including phenoxy) is 1. The number of halogens is 1. The van der Waals surface area contributed by atoms with E-state index in [0.29, 0.717) is 31.3 Å². The van der Waals surface area contributed by atoms with Crippen LogP contribution in [0, 0.1) is 12.3 Å². The summed E-state index contributed by atoms with van der Waals surface area (Å²) in [5.41, 5.74) is 2.20. The Bertz CT molecular complexity index is 1210. The maximum atomic E-state index is 14.0. The molecule has 0 spiro atoms. The van der Waals surface area contributed by atoms with Crippen molar-refractivity contribution in [3.63, 3.8) is 0 Å². The first-order chi connectivity index (χ1) is 18.8. The maximum absolute atomic E-state index is 14.0. The molecule has 39 heavy (non-hydrogen) atoms. The molecular weight excluding hydrogens is 499 g/mol. The van der Waals surface area contributed by atoms with Crippen LogP contribution in [0.5, 0.6) is 0 Å². The van der Waals surface area contributed by atoms with Crippen LogP contribution in [-0.2, 0) is 9.53 Å². The van der Waals surface area contributed by atoms with E-state index in [1.807, 2.05) is 11.8 Å². The first-order valence-corrected chi connectivity index (χ1v) is 13.2. The molecular formula is C29H35FN6O3. The first kappa shape index (κ1) is 28.0. The number of hydrogen-bond donors (Lipinski definition) is 1. The largest absolute Gasteiger partial charge is 0.447 e. The van der Waals surface area contributed by atoms with Gasteiger partial charge in [-0.1, -0.05) is 30.8 Å². The molecule has 4 atom stereocenters. The van der Waals surface area contributed by atoms with E-state index in [4.69, 9.17) is 11.2 Å². The average molecular weight is 535 g/mol. The van der Waals surface area contributed by atoms with Crippen molar-refractivity contribution in [2.24, 2.45) is 0 Å². The van der Waals surface area contributed by atoms with Gasteiger partial charge in [0.15, 0.2) is 0 Å². The van der Waals surface area contributed by atoms with Gasteiger partial charge in [0.05, 0.1) is 6.04 Å². The molecule has 2 fully saturated rings. The fraction of sp³-hybridized carbons (Fsp3) is 0.448. The van der Waals surface area contributed by atoms with Crippen molar-refractivity contribution in [1.29, 1.82) is 0 Å². The number of hydrogen-bond acceptors (Lipinski definition) is 7. The van der Waals surface area contributed by atoms with Crippen LogP contribution in [0.15, 0.2) is 49.2 Å². The molecule has 1 unspecified atom stereocenters. The molecule has 10 heteroatoms. The summed E-state index contributed by atoms with van der Waals surface area (Å²) in [5, 5.41) is 3.27. The molecule has 0 radical (unpaired) electrons. The molecule has 2 aliphatic rings. The molecule has 206 valence electrons. The van der Waals surface area contributed by atoms with E-state index in [1.54, 1.807) is 6.07 Å². The molecule has 1 aromatic heterocycles. The van der Waals surface area contributed by atoms with Gasteiger partial charge in [-0.05, 0) is 43.5 Å². The Morgan fingerprint density at radius 2 is 1.92 bits per heavy atom. The third-order valence-electron chi connectivity index (χ3n) is 7.29. The van der Waals surface area contributed by atoms with Gasteiger partial charge in [-0.25, -0.2) is 14.2 Å². The van der Waals surface area contributed by atoms with E-state index in [1.165, 1.54) is 29.7 Å². The number of nitrogens with one attached hydrogen (secondary N) is 1. The number of aromatic nitrogens is 2. The lowest BCUT2D eigenvalue weighted by molar-refractivity contribution is -0.128. The summed E-state index contributed by atoms with van der Waals surface area (Å²) in [7, 11) is 0. The zero-order valence-electron chi connectivity index (χ0n) is 22.4. The Morgan fingerprint density at radius 3 is 2.56 bits per heavy atom. The van der Waals surface area contributed by atoms with E-state index in [9.17, 15) is 14.0 Å². The number of terminal acetylenes is 1. The van der Waals surface area contributed by atoms with Crippen molar-refractivity contribution in [2.75, 3.05) is 43.0 Å². The molecule has 2 aromatic rings. The lowest BCUT2D eigenvalue weighted by atomic mass is 9.97. The Kier molecular flexibility index (Phi) is 9.15. The predicted molar refractivity (Wildman–Crippen MR) is 148 cm³/mol. The van der Waals surface area contributed by atoms with Crippen LogP contribution in [0.25, 0.3) is 0 Å². The van der Waals surface area contributed by atoms with Crippen LogP contribution in [0.4, 0.5) is 21.0 Å². The normalized spacial score (nSPS) is 20.1. The number of cyclic esters (lactones) is 1. The number of nitrogens with zero attached hydrogens (tertiary/aromatic N) is 5. The van der Waals surface area contributed by atoms with E-state index in [-0.39, 0.29) is 24.6 Å². The van der Waals surface area contributed by atoms with Gasteiger partial charge in [-0.15, -0.1) is 12.3 Å². The molecule has 2 saturated heterocycles. The average Bonchev–Trinajstić information content (AvgIpc) is 3.35. The SMILES string of the molecule is C#CCCC(c1ccc([C@H](C)Nc2nccc(N3C(=O)OC[C@@H]3[C@H](C)F)n2)cc1)N1CCN(C(=O)C=C)CC1. The van der Waals surface area contributed by atoms with Gasteiger partial charge in [0.1, 0.15) is 24.6 Å². The number of carbonyl (C=O) groups is 2. The van der Waals surface area contributed by atoms with Crippen molar-refractivity contribution in [2.45, 2.75) is 51.0 Å². The van der Waals surface area contributed by atoms with Crippen LogP contribution in [-0.4, -0.2) is 76.8 Å². The van der Waals surface area contributed by atoms with Gasteiger partial charge >= 0.3 is 6.09 Å². The second-order valence-corrected chi connectivity index (χ2v) is 9.79. The second kappa shape index (κ2) is 12.7. The Labute approximate surface area is 229 Å². The Hall–Kier alpha value is -3.97. The van der Waals surface area contributed by atoms with Crippen LogP contribution >= 0.6 is 0 Å². The van der Waals surface area contributed by atoms with Crippen LogP contribution in [0.1, 0.15) is 49.9 Å². The fourth-order valence-corrected chi connectivity index (χ4v) is 5.04. The number of rotatable bonds is 10. The van der Waals surface area contributed by atoms with Crippen molar-refractivity contribution in [3.05, 3.63) is 60.3 Å². The minimum absolute atomic E-state index is 0.0169. The standard InChI is InChI=1S/C29H35FN6O3/c1-5-7-8-24(34-15-17-35(18-16-34)27(37)6-2)23-11-9-22(10-12-23)21(4)32-28-31-14-13-26(33-28)36-25(20(3)30)19-39-29(36)38/h1,6,9-14,20-21,24-25H,2,7-8,15-19H2,3-4H3,(H,31,32,33)/t20-,21-,24?,25+/m0/s1. The van der Waals surface area contributed by atoms with Crippen molar-refractivity contribution in [3.8, 4) is 12.3 Å². The molecule has 4 rings (SSSR count). The molecule has 2 aliphatic heterocycles. The quantitative estimate of drug-likeness (QED) is 0.362. The minimum Gasteiger partial charge on any atom is -0.447 e. The molecule has 3 heterocycles. The van der Waals surface area contributed by atoms with Gasteiger partial charge in [0.25, 0.3) is 0 Å². The lowest BCUT2D eigenvalue weighted by Crippen LogP contribution is -2.49. The zero-order chi connectivity index (χ0) is 27.9. The highest BCUT2D eigenvalue weighted by Gasteiger charge is 2.39. The van der Waals surface area contributed by atoms with Crippen molar-refractivity contribution >= 4 is 23.8 Å². The summed E-state index contributed by atoms with van der Waals surface area (Å²) in [6, 6.07) is 9.22. The third kappa shape index (κ3) is 6.55.